The van der Waals surface area contributed by atoms with E-state index in [-0.39, 0.29) is 6.04 Å². The molecule has 1 heterocycles. The van der Waals surface area contributed by atoms with Crippen LogP contribution in [0.3, 0.4) is 0 Å². The van der Waals surface area contributed by atoms with Crippen molar-refractivity contribution >= 4 is 0 Å². The highest BCUT2D eigenvalue weighted by atomic mass is 16.5. The third kappa shape index (κ3) is 5.34. The Bertz CT molecular complexity index is 570. The summed E-state index contributed by atoms with van der Waals surface area (Å²) in [5, 5.41) is 13.8. The molecule has 0 saturated carbocycles. The number of aliphatic hydroxyl groups excluding tert-OH is 1. The van der Waals surface area contributed by atoms with Gasteiger partial charge in [0.2, 0.25) is 0 Å². The van der Waals surface area contributed by atoms with Gasteiger partial charge in [-0.3, -0.25) is 4.98 Å². The van der Waals surface area contributed by atoms with Crippen LogP contribution in [-0.2, 0) is 0 Å². The van der Waals surface area contributed by atoms with Gasteiger partial charge in [0.05, 0.1) is 18.9 Å². The fraction of sp³-hybridized carbons (Fsp3) is 0.421. The standard InChI is InChI=1S/C19H26N2O2/c1-14(2)12-18(17-6-4-5-11-20-17)21-13-19(22)15-7-9-16(23-3)10-8-15/h4-11,14,18-19,21-22H,12-13H2,1-3H3. The number of hydrogen-bond donors (Lipinski definition) is 2. The molecule has 0 bridgehead atoms. The Labute approximate surface area is 138 Å². The monoisotopic (exact) mass is 314 g/mol. The van der Waals surface area contributed by atoms with E-state index in [4.69, 9.17) is 4.74 Å². The van der Waals surface area contributed by atoms with E-state index >= 15 is 0 Å². The molecule has 2 aromatic rings. The molecule has 0 radical (unpaired) electrons. The second-order valence-corrected chi connectivity index (χ2v) is 6.13. The number of aromatic nitrogens is 1. The minimum atomic E-state index is -0.556. The highest BCUT2D eigenvalue weighted by molar-refractivity contribution is 5.28. The maximum Gasteiger partial charge on any atom is 0.118 e. The Hall–Kier alpha value is -1.91. The maximum absolute atomic E-state index is 10.4. The summed E-state index contributed by atoms with van der Waals surface area (Å²) in [4.78, 5) is 4.44. The van der Waals surface area contributed by atoms with Crippen molar-refractivity contribution in [1.82, 2.24) is 10.3 Å². The molecule has 4 nitrogen and oxygen atoms in total. The Morgan fingerprint density at radius 2 is 1.87 bits per heavy atom. The van der Waals surface area contributed by atoms with Gasteiger partial charge in [0.1, 0.15) is 5.75 Å². The molecule has 0 saturated heterocycles. The van der Waals surface area contributed by atoms with Crippen LogP contribution in [0.1, 0.15) is 43.7 Å². The number of nitrogens with zero attached hydrogens (tertiary/aromatic N) is 1. The van der Waals surface area contributed by atoms with Gasteiger partial charge in [-0.1, -0.05) is 32.0 Å². The smallest absolute Gasteiger partial charge is 0.118 e. The predicted molar refractivity (Wildman–Crippen MR) is 92.4 cm³/mol. The molecule has 2 unspecified atom stereocenters. The molecule has 1 aromatic carbocycles. The van der Waals surface area contributed by atoms with Crippen molar-refractivity contribution in [3.63, 3.8) is 0 Å². The van der Waals surface area contributed by atoms with E-state index in [0.29, 0.717) is 12.5 Å². The molecule has 23 heavy (non-hydrogen) atoms. The molecule has 4 heteroatoms. The van der Waals surface area contributed by atoms with Crippen molar-refractivity contribution in [3.05, 3.63) is 59.9 Å². The van der Waals surface area contributed by atoms with Crippen molar-refractivity contribution in [2.75, 3.05) is 13.7 Å². The van der Waals surface area contributed by atoms with Gasteiger partial charge < -0.3 is 15.2 Å². The number of benzene rings is 1. The summed E-state index contributed by atoms with van der Waals surface area (Å²) in [6.45, 7) is 4.87. The minimum absolute atomic E-state index is 0.143. The number of aliphatic hydroxyl groups is 1. The van der Waals surface area contributed by atoms with Crippen LogP contribution >= 0.6 is 0 Å². The quantitative estimate of drug-likeness (QED) is 0.783. The molecule has 0 aliphatic carbocycles. The average Bonchev–Trinajstić information content (AvgIpc) is 2.59. The van der Waals surface area contributed by atoms with Crippen molar-refractivity contribution in [3.8, 4) is 5.75 Å². The van der Waals surface area contributed by atoms with Crippen LogP contribution in [0.4, 0.5) is 0 Å². The highest BCUT2D eigenvalue weighted by Crippen LogP contribution is 2.21. The first-order valence-electron chi connectivity index (χ1n) is 8.06. The van der Waals surface area contributed by atoms with Crippen LogP contribution in [0.15, 0.2) is 48.7 Å². The highest BCUT2D eigenvalue weighted by Gasteiger charge is 2.16. The molecular formula is C19H26N2O2. The van der Waals surface area contributed by atoms with Gasteiger partial charge in [0, 0.05) is 18.8 Å². The second kappa shape index (κ2) is 8.65. The molecular weight excluding hydrogens is 288 g/mol. The lowest BCUT2D eigenvalue weighted by atomic mass is 10.00. The summed E-state index contributed by atoms with van der Waals surface area (Å²) in [5.74, 6) is 1.34. The van der Waals surface area contributed by atoms with Gasteiger partial charge in [-0.05, 0) is 42.2 Å². The zero-order valence-corrected chi connectivity index (χ0v) is 14.1. The Morgan fingerprint density at radius 3 is 2.43 bits per heavy atom. The van der Waals surface area contributed by atoms with Crippen LogP contribution in [0, 0.1) is 5.92 Å². The molecule has 124 valence electrons. The van der Waals surface area contributed by atoms with E-state index in [9.17, 15) is 5.11 Å². The van der Waals surface area contributed by atoms with Crippen molar-refractivity contribution < 1.29 is 9.84 Å². The number of nitrogens with one attached hydrogen (secondary N) is 1. The molecule has 2 N–H and O–H groups in total. The lowest BCUT2D eigenvalue weighted by molar-refractivity contribution is 0.167. The largest absolute Gasteiger partial charge is 0.497 e. The summed E-state index contributed by atoms with van der Waals surface area (Å²) in [6, 6.07) is 13.6. The van der Waals surface area contributed by atoms with Gasteiger partial charge >= 0.3 is 0 Å². The Balaban J connectivity index is 1.99. The van der Waals surface area contributed by atoms with Crippen LogP contribution in [0.5, 0.6) is 5.75 Å². The summed E-state index contributed by atoms with van der Waals surface area (Å²) in [6.07, 6.45) is 2.23. The topological polar surface area (TPSA) is 54.4 Å². The number of pyridine rings is 1. The molecule has 2 rings (SSSR count). The van der Waals surface area contributed by atoms with E-state index < -0.39 is 6.10 Å². The average molecular weight is 314 g/mol. The fourth-order valence-corrected chi connectivity index (χ4v) is 2.56. The van der Waals surface area contributed by atoms with E-state index in [0.717, 1.165) is 23.4 Å². The third-order valence-electron chi connectivity index (χ3n) is 3.81. The Morgan fingerprint density at radius 1 is 1.13 bits per heavy atom. The van der Waals surface area contributed by atoms with Crippen molar-refractivity contribution in [2.24, 2.45) is 5.92 Å². The third-order valence-corrected chi connectivity index (χ3v) is 3.81. The van der Waals surface area contributed by atoms with Gasteiger partial charge in [0.25, 0.3) is 0 Å². The second-order valence-electron chi connectivity index (χ2n) is 6.13. The summed E-state index contributed by atoms with van der Waals surface area (Å²) in [7, 11) is 1.64. The van der Waals surface area contributed by atoms with Crippen LogP contribution < -0.4 is 10.1 Å². The minimum Gasteiger partial charge on any atom is -0.497 e. The molecule has 0 aliphatic heterocycles. The molecule has 0 spiro atoms. The van der Waals surface area contributed by atoms with Crippen molar-refractivity contribution in [1.29, 1.82) is 0 Å². The van der Waals surface area contributed by atoms with E-state index in [1.54, 1.807) is 7.11 Å². The van der Waals surface area contributed by atoms with Gasteiger partial charge in [-0.2, -0.15) is 0 Å². The molecule has 0 aliphatic rings. The van der Waals surface area contributed by atoms with Crippen LogP contribution in [0.2, 0.25) is 0 Å². The van der Waals surface area contributed by atoms with Crippen molar-refractivity contribution in [2.45, 2.75) is 32.4 Å². The number of ether oxygens (including phenoxy) is 1. The molecule has 0 amide bonds. The maximum atomic E-state index is 10.4. The Kier molecular flexibility index (Phi) is 6.56. The fourth-order valence-electron chi connectivity index (χ4n) is 2.56. The molecule has 1 aromatic heterocycles. The zero-order valence-electron chi connectivity index (χ0n) is 14.1. The number of methoxy groups -OCH3 is 1. The van der Waals surface area contributed by atoms with Gasteiger partial charge in [-0.15, -0.1) is 0 Å². The first kappa shape index (κ1) is 17.4. The lowest BCUT2D eigenvalue weighted by Crippen LogP contribution is -2.28. The molecule has 2 atom stereocenters. The van der Waals surface area contributed by atoms with E-state index in [1.165, 1.54) is 0 Å². The summed E-state index contributed by atoms with van der Waals surface area (Å²) >= 11 is 0. The van der Waals surface area contributed by atoms with Crippen LogP contribution in [-0.4, -0.2) is 23.7 Å². The van der Waals surface area contributed by atoms with Gasteiger partial charge in [-0.25, -0.2) is 0 Å². The van der Waals surface area contributed by atoms with Gasteiger partial charge in [0.15, 0.2) is 0 Å². The zero-order chi connectivity index (χ0) is 16.7. The predicted octanol–water partition coefficient (Wildman–Crippen LogP) is 3.50. The number of rotatable bonds is 8. The van der Waals surface area contributed by atoms with E-state index in [2.05, 4.69) is 24.1 Å². The SMILES string of the molecule is COc1ccc(C(O)CNC(CC(C)C)c2ccccn2)cc1. The van der Waals surface area contributed by atoms with E-state index in [1.807, 2.05) is 48.7 Å². The first-order valence-corrected chi connectivity index (χ1v) is 8.06. The lowest BCUT2D eigenvalue weighted by Gasteiger charge is -2.22. The summed E-state index contributed by atoms with van der Waals surface area (Å²) < 4.78 is 5.14. The summed E-state index contributed by atoms with van der Waals surface area (Å²) in [5.41, 5.74) is 1.89. The normalized spacial score (nSPS) is 13.8. The van der Waals surface area contributed by atoms with Crippen LogP contribution in [0.25, 0.3) is 0 Å². The first-order chi connectivity index (χ1) is 11.1. The molecule has 0 fully saturated rings. The number of hydrogen-bond acceptors (Lipinski definition) is 4.